The van der Waals surface area contributed by atoms with Gasteiger partial charge >= 0.3 is 0 Å². The number of hydrogen-bond donors (Lipinski definition) is 3. The predicted molar refractivity (Wildman–Crippen MR) is 109 cm³/mol. The van der Waals surface area contributed by atoms with Gasteiger partial charge in [-0.15, -0.1) is 0 Å². The van der Waals surface area contributed by atoms with E-state index in [1.807, 2.05) is 19.1 Å². The van der Waals surface area contributed by atoms with Crippen LogP contribution < -0.4 is 5.32 Å². The largest absolute Gasteiger partial charge is 0.506 e. The molecule has 0 atom stereocenters. The van der Waals surface area contributed by atoms with Crippen molar-refractivity contribution in [3.8, 4) is 5.75 Å². The number of aliphatic hydroxyl groups excluding tert-OH is 1. The third-order valence-corrected chi connectivity index (χ3v) is 5.50. The van der Waals surface area contributed by atoms with Gasteiger partial charge in [-0.2, -0.15) is 0 Å². The summed E-state index contributed by atoms with van der Waals surface area (Å²) in [4.78, 5) is 14.7. The van der Waals surface area contributed by atoms with Gasteiger partial charge in [-0.25, -0.2) is 0 Å². The van der Waals surface area contributed by atoms with Crippen LogP contribution in [-0.4, -0.2) is 40.2 Å². The Balaban J connectivity index is 1.55. The van der Waals surface area contributed by atoms with Gasteiger partial charge in [0.05, 0.1) is 16.1 Å². The fourth-order valence-corrected chi connectivity index (χ4v) is 3.86. The summed E-state index contributed by atoms with van der Waals surface area (Å²) < 4.78 is 0.516. The zero-order valence-electron chi connectivity index (χ0n) is 15.4. The van der Waals surface area contributed by atoms with Gasteiger partial charge in [0, 0.05) is 26.2 Å². The lowest BCUT2D eigenvalue weighted by molar-refractivity contribution is 0.0792. The number of carbonyl (C=O) groups excluding carboxylic acids is 1. The van der Waals surface area contributed by atoms with E-state index in [9.17, 15) is 15.0 Å². The third-order valence-electron chi connectivity index (χ3n) is 4.89. The summed E-state index contributed by atoms with van der Waals surface area (Å²) in [5.41, 5.74) is 3.40. The number of amides is 1. The van der Waals surface area contributed by atoms with Crippen molar-refractivity contribution in [2.45, 2.75) is 39.0 Å². The molecule has 1 aliphatic rings. The first-order valence-corrected chi connectivity index (χ1v) is 9.97. The number of aliphatic hydroxyl groups is 1. The van der Waals surface area contributed by atoms with E-state index in [1.165, 1.54) is 5.56 Å². The Labute approximate surface area is 168 Å². The van der Waals surface area contributed by atoms with Gasteiger partial charge in [-0.1, -0.05) is 24.3 Å². The summed E-state index contributed by atoms with van der Waals surface area (Å²) in [6.07, 6.45) is 1.53. The van der Waals surface area contributed by atoms with Crippen molar-refractivity contribution in [3.63, 3.8) is 0 Å². The lowest BCUT2D eigenvalue weighted by atomic mass is 10.1. The van der Waals surface area contributed by atoms with E-state index in [0.717, 1.165) is 43.6 Å². The van der Waals surface area contributed by atoms with E-state index >= 15 is 0 Å². The second kappa shape index (κ2) is 8.87. The number of nitrogens with zero attached hydrogens (tertiary/aromatic N) is 1. The highest BCUT2D eigenvalue weighted by molar-refractivity contribution is 9.10. The number of rotatable bonds is 5. The minimum Gasteiger partial charge on any atom is -0.506 e. The predicted octanol–water partition coefficient (Wildman–Crippen LogP) is 3.35. The lowest BCUT2D eigenvalue weighted by Gasteiger charge is -2.29. The molecule has 0 unspecified atom stereocenters. The number of carbonyl (C=O) groups is 1. The molecule has 0 radical (unpaired) electrons. The Morgan fingerprint density at radius 1 is 1.19 bits per heavy atom. The van der Waals surface area contributed by atoms with Gasteiger partial charge in [0.25, 0.3) is 5.91 Å². The quantitative estimate of drug-likeness (QED) is 0.677. The van der Waals surface area contributed by atoms with Crippen LogP contribution >= 0.6 is 15.9 Å². The molecular weight excluding hydrogens is 408 g/mol. The molecule has 1 saturated heterocycles. The monoisotopic (exact) mass is 432 g/mol. The van der Waals surface area contributed by atoms with Crippen molar-refractivity contribution in [2.24, 2.45) is 0 Å². The molecule has 1 fully saturated rings. The molecule has 3 N–H and O–H groups in total. The number of benzene rings is 2. The minimum atomic E-state index is -0.298. The number of likely N-dealkylation sites (tertiary alicyclic amines) is 1. The summed E-state index contributed by atoms with van der Waals surface area (Å²) >= 11 is 3.27. The average Bonchev–Trinajstić information content (AvgIpc) is 2.65. The van der Waals surface area contributed by atoms with Gasteiger partial charge < -0.3 is 15.5 Å². The van der Waals surface area contributed by atoms with Gasteiger partial charge in [0.2, 0.25) is 0 Å². The molecule has 2 aromatic carbocycles. The number of hydrogen-bond acceptors (Lipinski definition) is 4. The summed E-state index contributed by atoms with van der Waals surface area (Å²) in [5, 5.41) is 22.5. The van der Waals surface area contributed by atoms with Crippen LogP contribution in [0.2, 0.25) is 0 Å². The van der Waals surface area contributed by atoms with Crippen molar-refractivity contribution in [1.82, 2.24) is 10.2 Å². The first-order valence-electron chi connectivity index (χ1n) is 9.18. The third kappa shape index (κ3) is 5.31. The Kier molecular flexibility index (Phi) is 6.52. The molecule has 1 amide bonds. The minimum absolute atomic E-state index is 0.0416. The topological polar surface area (TPSA) is 72.8 Å². The molecule has 0 saturated carbocycles. The van der Waals surface area contributed by atoms with Crippen LogP contribution in [0.3, 0.4) is 0 Å². The molecule has 0 aromatic heterocycles. The van der Waals surface area contributed by atoms with Gasteiger partial charge in [0.1, 0.15) is 5.75 Å². The van der Waals surface area contributed by atoms with E-state index in [1.54, 1.807) is 12.1 Å². The van der Waals surface area contributed by atoms with Crippen molar-refractivity contribution in [2.75, 3.05) is 13.1 Å². The summed E-state index contributed by atoms with van der Waals surface area (Å²) in [6, 6.07) is 11.6. The number of aryl methyl sites for hydroxylation is 1. The Morgan fingerprint density at radius 3 is 2.48 bits per heavy atom. The molecule has 144 valence electrons. The van der Waals surface area contributed by atoms with Gasteiger partial charge in [-0.05, 0) is 64.5 Å². The van der Waals surface area contributed by atoms with Gasteiger partial charge in [-0.3, -0.25) is 9.69 Å². The van der Waals surface area contributed by atoms with Crippen LogP contribution in [0, 0.1) is 6.92 Å². The number of phenols is 1. The Hall–Kier alpha value is -1.89. The van der Waals surface area contributed by atoms with E-state index in [-0.39, 0.29) is 23.3 Å². The number of nitrogens with one attached hydrogen (secondary N) is 1. The fraction of sp³-hybridized carbons (Fsp3) is 0.381. The van der Waals surface area contributed by atoms with Crippen LogP contribution in [-0.2, 0) is 13.1 Å². The number of halogens is 1. The molecule has 1 heterocycles. The van der Waals surface area contributed by atoms with Crippen LogP contribution in [0.5, 0.6) is 5.75 Å². The highest BCUT2D eigenvalue weighted by Crippen LogP contribution is 2.29. The second-order valence-corrected chi connectivity index (χ2v) is 8.00. The molecular formula is C21H25BrN2O3. The summed E-state index contributed by atoms with van der Waals surface area (Å²) in [5.74, 6) is -0.340. The zero-order chi connectivity index (χ0) is 19.4. The molecule has 0 bridgehead atoms. The number of phenolic OH excluding ortho intramolecular Hbond substituents is 1. The van der Waals surface area contributed by atoms with Gasteiger partial charge in [0.15, 0.2) is 0 Å². The smallest absolute Gasteiger partial charge is 0.255 e. The van der Waals surface area contributed by atoms with E-state index in [4.69, 9.17) is 0 Å². The summed E-state index contributed by atoms with van der Waals surface area (Å²) in [7, 11) is 0. The Bertz CT molecular complexity index is 800. The molecule has 3 rings (SSSR count). The zero-order valence-corrected chi connectivity index (χ0v) is 17.0. The Morgan fingerprint density at radius 2 is 1.81 bits per heavy atom. The van der Waals surface area contributed by atoms with Crippen LogP contribution in [0.25, 0.3) is 0 Å². The standard InChI is InChI=1S/C21H25BrN2O3/c1-14-10-18(20(26)19(22)11-14)21(27)23-12-15-2-4-16(5-3-15)13-24-8-6-17(25)7-9-24/h2-5,10-11,17,25-26H,6-9,12-13H2,1H3,(H,23,27). The van der Waals surface area contributed by atoms with Crippen molar-refractivity contribution >= 4 is 21.8 Å². The number of aromatic hydroxyl groups is 1. The highest BCUT2D eigenvalue weighted by atomic mass is 79.9. The molecule has 1 aliphatic heterocycles. The number of piperidine rings is 1. The molecule has 0 aliphatic carbocycles. The van der Waals surface area contributed by atoms with Crippen LogP contribution in [0.1, 0.15) is 39.9 Å². The fourth-order valence-electron chi connectivity index (χ4n) is 3.28. The first-order chi connectivity index (χ1) is 12.9. The van der Waals surface area contributed by atoms with Crippen molar-refractivity contribution in [3.05, 3.63) is 63.1 Å². The maximum atomic E-state index is 12.4. The molecule has 5 nitrogen and oxygen atoms in total. The molecule has 6 heteroatoms. The summed E-state index contributed by atoms with van der Waals surface area (Å²) in [6.45, 7) is 5.01. The maximum Gasteiger partial charge on any atom is 0.255 e. The van der Waals surface area contributed by atoms with Crippen LogP contribution in [0.15, 0.2) is 40.9 Å². The van der Waals surface area contributed by atoms with Crippen molar-refractivity contribution in [1.29, 1.82) is 0 Å². The van der Waals surface area contributed by atoms with E-state index < -0.39 is 0 Å². The van der Waals surface area contributed by atoms with Crippen LogP contribution in [0.4, 0.5) is 0 Å². The van der Waals surface area contributed by atoms with E-state index in [2.05, 4.69) is 38.3 Å². The molecule has 2 aromatic rings. The first kappa shape index (κ1) is 19.9. The molecule has 27 heavy (non-hydrogen) atoms. The molecule has 0 spiro atoms. The highest BCUT2D eigenvalue weighted by Gasteiger charge is 2.17. The lowest BCUT2D eigenvalue weighted by Crippen LogP contribution is -2.35. The second-order valence-electron chi connectivity index (χ2n) is 7.15. The maximum absolute atomic E-state index is 12.4. The van der Waals surface area contributed by atoms with E-state index in [0.29, 0.717) is 11.0 Å². The normalized spacial score (nSPS) is 15.7. The van der Waals surface area contributed by atoms with Crippen molar-refractivity contribution < 1.29 is 15.0 Å². The average molecular weight is 433 g/mol. The SMILES string of the molecule is Cc1cc(Br)c(O)c(C(=O)NCc2ccc(CN3CCC(O)CC3)cc2)c1.